The Balaban J connectivity index is 1.23. The highest BCUT2D eigenvalue weighted by Gasteiger charge is 2.28. The van der Waals surface area contributed by atoms with Crippen molar-refractivity contribution in [3.05, 3.63) is 98.8 Å². The highest BCUT2D eigenvalue weighted by Crippen LogP contribution is 2.26. The molecule has 2 atom stereocenters. The van der Waals surface area contributed by atoms with Crippen LogP contribution in [0.15, 0.2) is 70.5 Å². The molecule has 0 spiro atoms. The van der Waals surface area contributed by atoms with E-state index in [1.807, 2.05) is 0 Å². The van der Waals surface area contributed by atoms with Gasteiger partial charge in [0.1, 0.15) is 31.0 Å². The quantitative estimate of drug-likeness (QED) is 0.149. The maximum absolute atomic E-state index is 13.1. The van der Waals surface area contributed by atoms with Crippen molar-refractivity contribution in [1.82, 2.24) is 19.4 Å². The molecule has 0 unspecified atom stereocenters. The van der Waals surface area contributed by atoms with Gasteiger partial charge in [0.05, 0.1) is 11.8 Å². The van der Waals surface area contributed by atoms with Crippen LogP contribution in [0.2, 0.25) is 0 Å². The van der Waals surface area contributed by atoms with Gasteiger partial charge < -0.3 is 24.5 Å². The molecular formula is C26H25FN4O8. The number of nitrogens with zero attached hydrogens (tertiary/aromatic N) is 2. The monoisotopic (exact) mass is 540 g/mol. The summed E-state index contributed by atoms with van der Waals surface area (Å²) in [6.07, 6.45) is 3.54. The predicted molar refractivity (Wildman–Crippen MR) is 134 cm³/mol. The highest BCUT2D eigenvalue weighted by atomic mass is 19.1. The molecule has 0 bridgehead atoms. The Morgan fingerprint density at radius 3 is 2.64 bits per heavy atom. The molecule has 12 nitrogen and oxygen atoms in total. The molecule has 0 aliphatic carbocycles. The second kappa shape index (κ2) is 12.2. The van der Waals surface area contributed by atoms with Crippen LogP contribution in [0.4, 0.5) is 4.39 Å². The number of aromatic amines is 1. The number of ether oxygens (including phenoxy) is 2. The van der Waals surface area contributed by atoms with Crippen molar-refractivity contribution >= 4 is 23.4 Å². The van der Waals surface area contributed by atoms with Gasteiger partial charge in [-0.1, -0.05) is 12.1 Å². The number of ketones is 1. The van der Waals surface area contributed by atoms with E-state index >= 15 is 0 Å². The number of benzene rings is 1. The van der Waals surface area contributed by atoms with Crippen LogP contribution in [-0.4, -0.2) is 56.1 Å². The molecule has 3 N–H and O–H groups in total. The number of aliphatic hydroxyl groups excluding tert-OH is 1. The molecule has 1 aromatic carbocycles. The third-order valence-electron chi connectivity index (χ3n) is 5.92. The average molecular weight is 541 g/mol. The number of carbonyl (C=O) groups is 3. The van der Waals surface area contributed by atoms with Crippen molar-refractivity contribution in [2.24, 2.45) is 0 Å². The Morgan fingerprint density at radius 2 is 1.90 bits per heavy atom. The van der Waals surface area contributed by atoms with Crippen molar-refractivity contribution in [2.75, 3.05) is 13.2 Å². The lowest BCUT2D eigenvalue weighted by molar-refractivity contribution is -0.148. The lowest BCUT2D eigenvalue weighted by Crippen LogP contribution is -2.36. The van der Waals surface area contributed by atoms with E-state index in [-0.39, 0.29) is 18.1 Å². The van der Waals surface area contributed by atoms with E-state index in [0.29, 0.717) is 19.4 Å². The summed E-state index contributed by atoms with van der Waals surface area (Å²) in [4.78, 5) is 61.6. The van der Waals surface area contributed by atoms with Crippen LogP contribution in [0.25, 0.3) is 5.76 Å². The van der Waals surface area contributed by atoms with Gasteiger partial charge in [0.15, 0.2) is 0 Å². The lowest BCUT2D eigenvalue weighted by Gasteiger charge is -2.15. The third kappa shape index (κ3) is 7.17. The van der Waals surface area contributed by atoms with Crippen molar-refractivity contribution in [3.63, 3.8) is 0 Å². The van der Waals surface area contributed by atoms with Crippen LogP contribution < -0.4 is 16.6 Å². The molecule has 13 heteroatoms. The summed E-state index contributed by atoms with van der Waals surface area (Å²) >= 11 is 0. The average Bonchev–Trinajstić information content (AvgIpc) is 3.57. The van der Waals surface area contributed by atoms with Gasteiger partial charge in [-0.25, -0.2) is 9.18 Å². The third-order valence-corrected chi connectivity index (χ3v) is 5.92. The maximum Gasteiger partial charge on any atom is 0.330 e. The van der Waals surface area contributed by atoms with E-state index < -0.39 is 53.5 Å². The number of rotatable bonds is 10. The summed E-state index contributed by atoms with van der Waals surface area (Å²) in [6, 6.07) is 10.2. The van der Waals surface area contributed by atoms with E-state index in [9.17, 15) is 33.5 Å². The van der Waals surface area contributed by atoms with Crippen molar-refractivity contribution in [1.29, 1.82) is 0 Å². The second-order valence-corrected chi connectivity index (χ2v) is 8.71. The molecule has 1 amide bonds. The van der Waals surface area contributed by atoms with E-state index in [1.165, 1.54) is 29.0 Å². The van der Waals surface area contributed by atoms with E-state index in [4.69, 9.17) is 9.47 Å². The molecule has 0 radical (unpaired) electrons. The van der Waals surface area contributed by atoms with Gasteiger partial charge >= 0.3 is 11.7 Å². The van der Waals surface area contributed by atoms with Gasteiger partial charge in [-0.05, 0) is 42.7 Å². The smallest absolute Gasteiger partial charge is 0.330 e. The number of aliphatic hydroxyl groups is 1. The largest absolute Gasteiger partial charge is 0.506 e. The van der Waals surface area contributed by atoms with Crippen LogP contribution in [0.3, 0.4) is 0 Å². The fraction of sp³-hybridized carbons (Fsp3) is 0.269. The summed E-state index contributed by atoms with van der Waals surface area (Å²) in [7, 11) is 0. The number of H-pyrrole nitrogens is 1. The Hall–Kier alpha value is -4.78. The summed E-state index contributed by atoms with van der Waals surface area (Å²) in [5, 5.41) is 12.5. The first-order valence-corrected chi connectivity index (χ1v) is 11.9. The zero-order valence-corrected chi connectivity index (χ0v) is 20.5. The lowest BCUT2D eigenvalue weighted by atomic mass is 10.2. The van der Waals surface area contributed by atoms with Crippen LogP contribution >= 0.6 is 0 Å². The fourth-order valence-electron chi connectivity index (χ4n) is 3.98. The van der Waals surface area contributed by atoms with Gasteiger partial charge in [0.25, 0.3) is 11.5 Å². The van der Waals surface area contributed by atoms with Crippen molar-refractivity contribution in [2.45, 2.75) is 31.7 Å². The minimum Gasteiger partial charge on any atom is -0.506 e. The highest BCUT2D eigenvalue weighted by molar-refractivity contribution is 6.41. The number of nitrogens with one attached hydrogen (secondary N) is 2. The maximum atomic E-state index is 13.1. The van der Waals surface area contributed by atoms with Crippen LogP contribution in [0.5, 0.6) is 0 Å². The fourth-order valence-corrected chi connectivity index (χ4v) is 3.98. The summed E-state index contributed by atoms with van der Waals surface area (Å²) in [6.45, 7) is -0.432. The Labute approximate surface area is 220 Å². The van der Waals surface area contributed by atoms with Crippen molar-refractivity contribution < 1.29 is 33.4 Å². The van der Waals surface area contributed by atoms with Gasteiger partial charge in [-0.2, -0.15) is 0 Å². The Morgan fingerprint density at radius 1 is 1.13 bits per heavy atom. The molecule has 1 saturated heterocycles. The van der Waals surface area contributed by atoms with E-state index in [2.05, 4.69) is 10.3 Å². The zero-order valence-electron chi connectivity index (χ0n) is 20.5. The number of amides is 1. The summed E-state index contributed by atoms with van der Waals surface area (Å²) in [5.74, 6) is -3.85. The number of hydrogen-bond acceptors (Lipinski definition) is 8. The predicted octanol–water partition coefficient (Wildman–Crippen LogP) is 1.03. The van der Waals surface area contributed by atoms with Gasteiger partial charge in [-0.3, -0.25) is 28.7 Å². The number of esters is 1. The van der Waals surface area contributed by atoms with Crippen LogP contribution in [0.1, 0.15) is 30.3 Å². The number of halogens is 1. The molecule has 2 aromatic heterocycles. The number of carbonyl (C=O) groups excluding carboxylic acids is 3. The van der Waals surface area contributed by atoms with E-state index in [1.54, 1.807) is 35.0 Å². The van der Waals surface area contributed by atoms with Gasteiger partial charge in [0, 0.05) is 31.1 Å². The van der Waals surface area contributed by atoms with Gasteiger partial charge in [0.2, 0.25) is 5.78 Å². The number of aromatic nitrogens is 3. The molecule has 39 heavy (non-hydrogen) atoms. The second-order valence-electron chi connectivity index (χ2n) is 8.71. The minimum atomic E-state index is -1.12. The summed E-state index contributed by atoms with van der Waals surface area (Å²) < 4.78 is 26.7. The molecule has 3 heterocycles. The molecule has 3 aromatic rings. The van der Waals surface area contributed by atoms with Gasteiger partial charge in [-0.15, -0.1) is 0 Å². The molecule has 1 fully saturated rings. The molecule has 1 aliphatic heterocycles. The molecule has 0 saturated carbocycles. The first-order valence-electron chi connectivity index (χ1n) is 11.9. The molecule has 1 aliphatic rings. The molecular weight excluding hydrogens is 515 g/mol. The first kappa shape index (κ1) is 27.3. The Bertz CT molecular complexity index is 1500. The zero-order chi connectivity index (χ0) is 27.9. The first-order chi connectivity index (χ1) is 18.7. The molecule has 4 rings (SSSR count). The SMILES string of the molecule is O=C(CNC(=O)C(=O)/C=C(\O)c1cccn1Cc1ccc(F)cc1)OC[C@@H]1CC[C@H](n2ccc(=O)[nH]c2=O)O1. The normalized spacial score (nSPS) is 17.1. The van der Waals surface area contributed by atoms with Crippen LogP contribution in [-0.2, 0) is 30.4 Å². The summed E-state index contributed by atoms with van der Waals surface area (Å²) in [5.41, 5.74) is -0.118. The number of hydrogen-bond donors (Lipinski definition) is 3. The van der Waals surface area contributed by atoms with Crippen molar-refractivity contribution in [3.8, 4) is 0 Å². The Kier molecular flexibility index (Phi) is 8.51. The standard InChI is InChI=1S/C26H25FN4O8/c27-17-5-3-16(4-6-17)14-30-10-1-2-19(30)20(32)12-21(33)25(36)28-13-24(35)38-15-18-7-8-23(39-18)31-11-9-22(34)29-26(31)37/h1-6,9-12,18,23,32H,7-8,13-15H2,(H,28,36)(H,29,34,37)/b20-12-/t18-,23+/m0/s1. The minimum absolute atomic E-state index is 0.136. The van der Waals surface area contributed by atoms with E-state index in [0.717, 1.165) is 11.6 Å². The molecule has 204 valence electrons. The topological polar surface area (TPSA) is 162 Å². The van der Waals surface area contributed by atoms with Crippen LogP contribution in [0, 0.1) is 5.82 Å².